The quantitative estimate of drug-likeness (QED) is 0.363. The van der Waals surface area contributed by atoms with E-state index in [2.05, 4.69) is 25.6 Å². The number of carboxylic acid groups (broad SMARTS) is 1. The summed E-state index contributed by atoms with van der Waals surface area (Å²) in [6.45, 7) is -0.250. The summed E-state index contributed by atoms with van der Waals surface area (Å²) in [7, 11) is 1.58. The predicted molar refractivity (Wildman–Crippen MR) is 107 cm³/mol. The highest BCUT2D eigenvalue weighted by molar-refractivity contribution is 5.78. The van der Waals surface area contributed by atoms with Gasteiger partial charge in [0, 0.05) is 11.4 Å². The van der Waals surface area contributed by atoms with Crippen molar-refractivity contribution in [1.29, 1.82) is 0 Å². The number of fused-ring (bicyclic) bond motifs is 1. The molecule has 2 aromatic heterocycles. The summed E-state index contributed by atoms with van der Waals surface area (Å²) in [6, 6.07) is 12.0. The van der Waals surface area contributed by atoms with Crippen molar-refractivity contribution in [1.82, 2.24) is 15.0 Å². The number of aromatic nitrogens is 3. The minimum absolute atomic E-state index is 0.00814. The number of ether oxygens (including phenoxy) is 1. The number of carbonyl (C=O) groups is 1. The van der Waals surface area contributed by atoms with Crippen LogP contribution in [0.15, 0.2) is 57.9 Å². The highest BCUT2D eigenvalue weighted by Gasteiger charge is 2.09. The molecule has 0 amide bonds. The lowest BCUT2D eigenvalue weighted by atomic mass is 10.3. The van der Waals surface area contributed by atoms with Crippen LogP contribution in [-0.2, 0) is 4.79 Å². The van der Waals surface area contributed by atoms with Crippen molar-refractivity contribution in [3.63, 3.8) is 0 Å². The molecule has 0 saturated carbocycles. The van der Waals surface area contributed by atoms with Crippen molar-refractivity contribution in [2.75, 3.05) is 17.7 Å². The summed E-state index contributed by atoms with van der Waals surface area (Å²) in [6.07, 6.45) is 1.07. The molecule has 0 bridgehead atoms. The lowest BCUT2D eigenvalue weighted by molar-refractivity contribution is -0.122. The first-order chi connectivity index (χ1) is 14.5. The van der Waals surface area contributed by atoms with E-state index in [9.17, 15) is 9.18 Å². The molecule has 4 rings (SSSR count). The second-order valence-corrected chi connectivity index (χ2v) is 5.70. The number of nitrogens with zero attached hydrogens (tertiary/aromatic N) is 2. The van der Waals surface area contributed by atoms with Gasteiger partial charge in [0.15, 0.2) is 17.2 Å². The molecule has 30 heavy (non-hydrogen) atoms. The van der Waals surface area contributed by atoms with E-state index in [0.717, 1.165) is 17.6 Å². The van der Waals surface area contributed by atoms with E-state index in [1.54, 1.807) is 49.6 Å². The zero-order chi connectivity index (χ0) is 21.5. The largest absolute Gasteiger partial charge is 0.497 e. The number of rotatable bonds is 5. The van der Waals surface area contributed by atoms with Crippen LogP contribution < -0.4 is 21.1 Å². The number of hydrogen-bond acceptors (Lipinski definition) is 8. The van der Waals surface area contributed by atoms with Gasteiger partial charge in [0.25, 0.3) is 6.47 Å². The Morgan fingerprint density at radius 1 is 1.17 bits per heavy atom. The van der Waals surface area contributed by atoms with E-state index in [4.69, 9.17) is 19.1 Å². The van der Waals surface area contributed by atoms with Crippen molar-refractivity contribution < 1.29 is 23.4 Å². The highest BCUT2D eigenvalue weighted by Crippen LogP contribution is 2.23. The Bertz CT molecular complexity index is 1210. The maximum absolute atomic E-state index is 14.1. The molecule has 154 valence electrons. The van der Waals surface area contributed by atoms with Crippen molar-refractivity contribution >= 4 is 40.7 Å². The van der Waals surface area contributed by atoms with Crippen molar-refractivity contribution in [3.05, 3.63) is 65.0 Å². The average Bonchev–Trinajstić information content (AvgIpc) is 3.11. The Morgan fingerprint density at radius 3 is 2.57 bits per heavy atom. The van der Waals surface area contributed by atoms with Gasteiger partial charge >= 0.3 is 5.76 Å². The molecule has 10 nitrogen and oxygen atoms in total. The standard InChI is InChI=1S/C18H14FN5O3.CH2O2/c1-26-12-5-2-10(3-6-12)22-17-20-9-13(19)16(24-17)21-11-4-7-15-14(8-11)23-18(25)27-15;2-1-3/h2-9H,1H3,(H,23,25)(H2,20,21,22,24);1H,(H,2,3). The van der Waals surface area contributed by atoms with Gasteiger partial charge in [0.05, 0.1) is 18.8 Å². The fraction of sp³-hybridized carbons (Fsp3) is 0.0526. The molecule has 0 aliphatic heterocycles. The maximum Gasteiger partial charge on any atom is 0.417 e. The van der Waals surface area contributed by atoms with Crippen LogP contribution in [0.4, 0.5) is 27.5 Å². The monoisotopic (exact) mass is 413 g/mol. The zero-order valence-electron chi connectivity index (χ0n) is 15.5. The molecule has 0 aliphatic carbocycles. The van der Waals surface area contributed by atoms with Crippen LogP contribution in [0.3, 0.4) is 0 Å². The Labute approximate surface area is 168 Å². The SMILES string of the molecule is COc1ccc(Nc2ncc(F)c(Nc3ccc4oc(=O)[nH]c4c3)n2)cc1.O=CO. The first kappa shape index (κ1) is 20.3. The van der Waals surface area contributed by atoms with Gasteiger partial charge in [-0.1, -0.05) is 0 Å². The molecular weight excluding hydrogens is 397 g/mol. The average molecular weight is 413 g/mol. The third kappa shape index (κ3) is 4.90. The molecule has 0 atom stereocenters. The summed E-state index contributed by atoms with van der Waals surface area (Å²) in [5.41, 5.74) is 2.17. The number of aromatic amines is 1. The predicted octanol–water partition coefficient (Wildman–Crippen LogP) is 3.25. The second kappa shape index (κ2) is 9.19. The van der Waals surface area contributed by atoms with Gasteiger partial charge in [-0.2, -0.15) is 4.98 Å². The molecule has 0 radical (unpaired) electrons. The molecule has 4 aromatic rings. The molecule has 11 heteroatoms. The maximum atomic E-state index is 14.1. The minimum Gasteiger partial charge on any atom is -0.497 e. The fourth-order valence-electron chi connectivity index (χ4n) is 2.48. The number of nitrogens with one attached hydrogen (secondary N) is 3. The summed E-state index contributed by atoms with van der Waals surface area (Å²) >= 11 is 0. The van der Waals surface area contributed by atoms with Crippen LogP contribution in [0.1, 0.15) is 0 Å². The van der Waals surface area contributed by atoms with Gasteiger partial charge in [-0.25, -0.2) is 14.2 Å². The highest BCUT2D eigenvalue weighted by atomic mass is 19.1. The molecule has 2 heterocycles. The fourth-order valence-corrected chi connectivity index (χ4v) is 2.48. The number of hydrogen-bond donors (Lipinski definition) is 4. The topological polar surface area (TPSA) is 142 Å². The van der Waals surface area contributed by atoms with Gasteiger partial charge in [-0.3, -0.25) is 9.78 Å². The minimum atomic E-state index is -0.615. The number of oxazole rings is 1. The van der Waals surface area contributed by atoms with E-state index >= 15 is 0 Å². The normalized spacial score (nSPS) is 10.1. The first-order valence-corrected chi connectivity index (χ1v) is 8.43. The van der Waals surface area contributed by atoms with Gasteiger partial charge in [-0.05, 0) is 42.5 Å². The van der Waals surface area contributed by atoms with Crippen LogP contribution in [0, 0.1) is 5.82 Å². The zero-order valence-corrected chi connectivity index (χ0v) is 15.5. The number of halogens is 1. The molecule has 2 aromatic carbocycles. The Balaban J connectivity index is 0.000000806. The first-order valence-electron chi connectivity index (χ1n) is 8.43. The van der Waals surface area contributed by atoms with Gasteiger partial charge < -0.3 is 24.9 Å². The van der Waals surface area contributed by atoms with E-state index < -0.39 is 11.6 Å². The number of anilines is 4. The molecule has 0 spiro atoms. The molecule has 0 saturated heterocycles. The smallest absolute Gasteiger partial charge is 0.417 e. The Hall–Kier alpha value is -4.41. The van der Waals surface area contributed by atoms with Crippen LogP contribution >= 0.6 is 0 Å². The van der Waals surface area contributed by atoms with E-state index in [1.807, 2.05) is 0 Å². The summed E-state index contributed by atoms with van der Waals surface area (Å²) in [4.78, 5) is 30.2. The van der Waals surface area contributed by atoms with Crippen LogP contribution in [0.2, 0.25) is 0 Å². The lowest BCUT2D eigenvalue weighted by Crippen LogP contribution is -2.03. The van der Waals surface area contributed by atoms with Crippen LogP contribution in [0.25, 0.3) is 11.1 Å². The van der Waals surface area contributed by atoms with Gasteiger partial charge in [0.1, 0.15) is 5.75 Å². The molecule has 0 unspecified atom stereocenters. The van der Waals surface area contributed by atoms with Crippen LogP contribution in [-0.4, -0.2) is 33.6 Å². The second-order valence-electron chi connectivity index (χ2n) is 5.70. The summed E-state index contributed by atoms with van der Waals surface area (Å²) < 4.78 is 24.1. The van der Waals surface area contributed by atoms with E-state index in [-0.39, 0.29) is 18.2 Å². The third-order valence-corrected chi connectivity index (χ3v) is 3.77. The Kier molecular flexibility index (Phi) is 6.23. The number of methoxy groups -OCH3 is 1. The van der Waals surface area contributed by atoms with Crippen molar-refractivity contribution in [2.45, 2.75) is 0 Å². The summed E-state index contributed by atoms with van der Waals surface area (Å²) in [5, 5.41) is 12.8. The number of benzene rings is 2. The van der Waals surface area contributed by atoms with Gasteiger partial charge in [0.2, 0.25) is 5.95 Å². The van der Waals surface area contributed by atoms with E-state index in [1.165, 1.54) is 0 Å². The molecule has 0 fully saturated rings. The molecule has 0 aliphatic rings. The van der Waals surface area contributed by atoms with Crippen molar-refractivity contribution in [2.24, 2.45) is 0 Å². The summed E-state index contributed by atoms with van der Waals surface area (Å²) in [5.74, 6) is -0.235. The molecular formula is C19H16FN5O5. The lowest BCUT2D eigenvalue weighted by Gasteiger charge is -2.10. The third-order valence-electron chi connectivity index (χ3n) is 3.77. The number of H-pyrrole nitrogens is 1. The van der Waals surface area contributed by atoms with Crippen molar-refractivity contribution in [3.8, 4) is 5.75 Å². The van der Waals surface area contributed by atoms with E-state index in [0.29, 0.717) is 16.8 Å². The van der Waals surface area contributed by atoms with Gasteiger partial charge in [-0.15, -0.1) is 0 Å². The Morgan fingerprint density at radius 2 is 1.87 bits per heavy atom. The van der Waals surface area contributed by atoms with Crippen LogP contribution in [0.5, 0.6) is 5.75 Å². The molecule has 4 N–H and O–H groups in total.